The monoisotopic (exact) mass is 407 g/mol. The van der Waals surface area contributed by atoms with Gasteiger partial charge in [-0.15, -0.1) is 0 Å². The molecule has 0 unspecified atom stereocenters. The molecule has 0 bridgehead atoms. The van der Waals surface area contributed by atoms with E-state index in [1.807, 2.05) is 36.4 Å². The maximum atomic E-state index is 11.5. The number of ether oxygens (including phenoxy) is 2. The maximum absolute atomic E-state index is 11.5. The minimum atomic E-state index is -0.501. The van der Waals surface area contributed by atoms with Gasteiger partial charge in [-0.1, -0.05) is 45.0 Å². The highest BCUT2D eigenvalue weighted by Crippen LogP contribution is 2.44. The van der Waals surface area contributed by atoms with E-state index >= 15 is 0 Å². The second-order valence-electron chi connectivity index (χ2n) is 9.78. The summed E-state index contributed by atoms with van der Waals surface area (Å²) in [6.45, 7) is 10.8. The van der Waals surface area contributed by atoms with Crippen molar-refractivity contribution in [1.82, 2.24) is 4.90 Å². The van der Waals surface area contributed by atoms with Crippen LogP contribution in [0.1, 0.15) is 38.3 Å². The van der Waals surface area contributed by atoms with Crippen molar-refractivity contribution >= 4 is 6.29 Å². The molecule has 2 aromatic carbocycles. The highest BCUT2D eigenvalue weighted by atomic mass is 16.5. The molecule has 2 aliphatic rings. The van der Waals surface area contributed by atoms with Gasteiger partial charge in [-0.3, -0.25) is 9.69 Å². The third kappa shape index (κ3) is 5.42. The van der Waals surface area contributed by atoms with Crippen LogP contribution in [0.15, 0.2) is 48.5 Å². The van der Waals surface area contributed by atoms with Gasteiger partial charge in [0.2, 0.25) is 0 Å². The number of likely N-dealkylation sites (tertiary alicyclic amines) is 1. The lowest BCUT2D eigenvalue weighted by Gasteiger charge is -2.20. The van der Waals surface area contributed by atoms with Crippen molar-refractivity contribution in [3.05, 3.63) is 59.7 Å². The molecule has 4 rings (SSSR count). The summed E-state index contributed by atoms with van der Waals surface area (Å²) in [5, 5.41) is 0. The Bertz CT molecular complexity index is 828. The number of fused-ring (bicyclic) bond motifs is 1. The molecule has 0 aromatic heterocycles. The minimum Gasteiger partial charge on any atom is -0.492 e. The van der Waals surface area contributed by atoms with Crippen LogP contribution in [-0.4, -0.2) is 43.5 Å². The van der Waals surface area contributed by atoms with Crippen LogP contribution in [0.4, 0.5) is 0 Å². The first-order valence-corrected chi connectivity index (χ1v) is 11.1. The molecule has 160 valence electrons. The van der Waals surface area contributed by atoms with Crippen LogP contribution >= 0.6 is 0 Å². The zero-order valence-electron chi connectivity index (χ0n) is 18.3. The van der Waals surface area contributed by atoms with Gasteiger partial charge in [0.15, 0.2) is 12.4 Å². The number of hydrogen-bond donors (Lipinski definition) is 0. The molecular formula is C26H33NO3. The van der Waals surface area contributed by atoms with Crippen molar-refractivity contribution in [2.45, 2.75) is 45.1 Å². The SMILES string of the molecule is CC(C)(C)c1ccc(O[C@H](C=O)Cc2ccc(OCCN3C[C@H]4C[C@H]4C3)cc2)cc1. The quantitative estimate of drug-likeness (QED) is 0.574. The van der Waals surface area contributed by atoms with Gasteiger partial charge in [0, 0.05) is 26.1 Å². The topological polar surface area (TPSA) is 38.8 Å². The molecule has 30 heavy (non-hydrogen) atoms. The first kappa shape index (κ1) is 20.9. The Kier molecular flexibility index (Phi) is 6.14. The summed E-state index contributed by atoms with van der Waals surface area (Å²) in [6.07, 6.45) is 2.36. The zero-order chi connectivity index (χ0) is 21.1. The molecule has 1 saturated heterocycles. The highest BCUT2D eigenvalue weighted by Gasteiger charge is 2.44. The van der Waals surface area contributed by atoms with Crippen molar-refractivity contribution < 1.29 is 14.3 Å². The van der Waals surface area contributed by atoms with E-state index in [-0.39, 0.29) is 5.41 Å². The molecule has 1 aliphatic heterocycles. The van der Waals surface area contributed by atoms with E-state index < -0.39 is 6.10 Å². The Morgan fingerprint density at radius 2 is 1.63 bits per heavy atom. The van der Waals surface area contributed by atoms with E-state index in [1.165, 1.54) is 25.1 Å². The molecular weight excluding hydrogens is 374 g/mol. The summed E-state index contributed by atoms with van der Waals surface area (Å²) in [6, 6.07) is 16.0. The van der Waals surface area contributed by atoms with Crippen LogP contribution in [0.5, 0.6) is 11.5 Å². The van der Waals surface area contributed by atoms with Crippen LogP contribution in [0.25, 0.3) is 0 Å². The smallest absolute Gasteiger partial charge is 0.160 e. The number of aldehydes is 1. The molecule has 0 radical (unpaired) electrons. The Hall–Kier alpha value is -2.33. The largest absolute Gasteiger partial charge is 0.492 e. The fourth-order valence-corrected chi connectivity index (χ4v) is 4.25. The predicted molar refractivity (Wildman–Crippen MR) is 119 cm³/mol. The van der Waals surface area contributed by atoms with Gasteiger partial charge in [-0.05, 0) is 59.1 Å². The fraction of sp³-hybridized carbons (Fsp3) is 0.500. The number of carbonyl (C=O) groups is 1. The average molecular weight is 408 g/mol. The van der Waals surface area contributed by atoms with Crippen molar-refractivity contribution in [1.29, 1.82) is 0 Å². The lowest BCUT2D eigenvalue weighted by atomic mass is 9.87. The fourth-order valence-electron chi connectivity index (χ4n) is 4.25. The van der Waals surface area contributed by atoms with Crippen molar-refractivity contribution in [2.75, 3.05) is 26.2 Å². The van der Waals surface area contributed by atoms with E-state index in [0.29, 0.717) is 6.42 Å². The molecule has 0 N–H and O–H groups in total. The van der Waals surface area contributed by atoms with Crippen LogP contribution in [0, 0.1) is 11.8 Å². The minimum absolute atomic E-state index is 0.0984. The number of nitrogens with zero attached hydrogens (tertiary/aromatic N) is 1. The van der Waals surface area contributed by atoms with E-state index in [2.05, 4.69) is 37.8 Å². The maximum Gasteiger partial charge on any atom is 0.160 e. The lowest BCUT2D eigenvalue weighted by Crippen LogP contribution is -2.27. The third-order valence-corrected chi connectivity index (χ3v) is 6.25. The molecule has 0 spiro atoms. The lowest BCUT2D eigenvalue weighted by molar-refractivity contribution is -0.113. The number of benzene rings is 2. The molecule has 1 heterocycles. The van der Waals surface area contributed by atoms with Gasteiger partial charge in [-0.25, -0.2) is 0 Å². The van der Waals surface area contributed by atoms with Crippen molar-refractivity contribution in [2.24, 2.45) is 11.8 Å². The Morgan fingerprint density at radius 3 is 2.23 bits per heavy atom. The zero-order valence-corrected chi connectivity index (χ0v) is 18.3. The molecule has 2 fully saturated rings. The second-order valence-corrected chi connectivity index (χ2v) is 9.78. The van der Waals surface area contributed by atoms with Gasteiger partial charge in [0.05, 0.1) is 0 Å². The van der Waals surface area contributed by atoms with Gasteiger partial charge < -0.3 is 9.47 Å². The first-order valence-electron chi connectivity index (χ1n) is 11.1. The van der Waals surface area contributed by atoms with E-state index in [4.69, 9.17) is 9.47 Å². The standard InChI is InChI=1S/C26H33NO3/c1-26(2,3)22-6-10-24(11-7-22)30-25(18-28)14-19-4-8-23(9-5-19)29-13-12-27-16-20-15-21(20)17-27/h4-11,18,20-21,25H,12-17H2,1-3H3/t20-,21+,25-/m0/s1. The number of piperidine rings is 1. The summed E-state index contributed by atoms with van der Waals surface area (Å²) < 4.78 is 11.8. The van der Waals surface area contributed by atoms with Gasteiger partial charge in [-0.2, -0.15) is 0 Å². The highest BCUT2D eigenvalue weighted by molar-refractivity contribution is 5.58. The van der Waals surface area contributed by atoms with Crippen molar-refractivity contribution in [3.8, 4) is 11.5 Å². The molecule has 0 amide bonds. The number of carbonyl (C=O) groups excluding carboxylic acids is 1. The van der Waals surface area contributed by atoms with Gasteiger partial charge in [0.25, 0.3) is 0 Å². The Labute approximate surface area is 180 Å². The summed E-state index contributed by atoms with van der Waals surface area (Å²) in [7, 11) is 0. The van der Waals surface area contributed by atoms with Crippen LogP contribution in [0.3, 0.4) is 0 Å². The molecule has 1 aliphatic carbocycles. The Balaban J connectivity index is 1.24. The van der Waals surface area contributed by atoms with E-state index in [9.17, 15) is 4.79 Å². The predicted octanol–water partition coefficient (Wildman–Crippen LogP) is 4.50. The summed E-state index contributed by atoms with van der Waals surface area (Å²) in [5.74, 6) is 3.53. The van der Waals surface area contributed by atoms with Crippen molar-refractivity contribution in [3.63, 3.8) is 0 Å². The second kappa shape index (κ2) is 8.81. The molecule has 4 heteroatoms. The average Bonchev–Trinajstić information content (AvgIpc) is 3.34. The van der Waals surface area contributed by atoms with Crippen LogP contribution in [-0.2, 0) is 16.6 Å². The van der Waals surface area contributed by atoms with Crippen LogP contribution < -0.4 is 9.47 Å². The first-order chi connectivity index (χ1) is 14.4. The molecule has 4 nitrogen and oxygen atoms in total. The summed E-state index contributed by atoms with van der Waals surface area (Å²) in [4.78, 5) is 14.1. The normalized spacial score (nSPS) is 21.7. The third-order valence-electron chi connectivity index (χ3n) is 6.25. The summed E-state index contributed by atoms with van der Waals surface area (Å²) >= 11 is 0. The van der Waals surface area contributed by atoms with E-state index in [0.717, 1.165) is 48.3 Å². The Morgan fingerprint density at radius 1 is 1.00 bits per heavy atom. The number of rotatable bonds is 9. The van der Waals surface area contributed by atoms with Gasteiger partial charge >= 0.3 is 0 Å². The molecule has 2 aromatic rings. The van der Waals surface area contributed by atoms with Gasteiger partial charge in [0.1, 0.15) is 18.1 Å². The number of hydrogen-bond acceptors (Lipinski definition) is 4. The van der Waals surface area contributed by atoms with E-state index in [1.54, 1.807) is 0 Å². The molecule has 1 saturated carbocycles. The summed E-state index contributed by atoms with van der Waals surface area (Å²) in [5.41, 5.74) is 2.40. The molecule has 3 atom stereocenters. The van der Waals surface area contributed by atoms with Crippen LogP contribution in [0.2, 0.25) is 0 Å².